The summed E-state index contributed by atoms with van der Waals surface area (Å²) in [6.07, 6.45) is 1.80. The van der Waals surface area contributed by atoms with E-state index in [2.05, 4.69) is 24.8 Å². The normalized spacial score (nSPS) is 9.81. The smallest absolute Gasteiger partial charge is 0.126 e. The van der Waals surface area contributed by atoms with Crippen molar-refractivity contribution in [2.45, 2.75) is 0 Å². The van der Waals surface area contributed by atoms with Gasteiger partial charge in [0.2, 0.25) is 0 Å². The SMILES string of the molecule is C=Cc1ccc(-c2ccccc2)cc1OC. The van der Waals surface area contributed by atoms with Gasteiger partial charge in [-0.3, -0.25) is 0 Å². The van der Waals surface area contributed by atoms with E-state index in [1.54, 1.807) is 13.2 Å². The van der Waals surface area contributed by atoms with Gasteiger partial charge in [0.05, 0.1) is 7.11 Å². The lowest BCUT2D eigenvalue weighted by atomic mass is 10.0. The van der Waals surface area contributed by atoms with Gasteiger partial charge >= 0.3 is 0 Å². The second-order valence-corrected chi connectivity index (χ2v) is 3.53. The number of rotatable bonds is 3. The van der Waals surface area contributed by atoms with Crippen LogP contribution in [0.15, 0.2) is 55.1 Å². The Morgan fingerprint density at radius 2 is 1.75 bits per heavy atom. The van der Waals surface area contributed by atoms with Gasteiger partial charge in [-0.25, -0.2) is 0 Å². The van der Waals surface area contributed by atoms with Crippen LogP contribution in [0.1, 0.15) is 5.56 Å². The van der Waals surface area contributed by atoms with E-state index in [4.69, 9.17) is 4.74 Å². The van der Waals surface area contributed by atoms with Crippen LogP contribution >= 0.6 is 0 Å². The fourth-order valence-electron chi connectivity index (χ4n) is 1.69. The summed E-state index contributed by atoms with van der Waals surface area (Å²) in [6.45, 7) is 3.76. The third-order valence-corrected chi connectivity index (χ3v) is 2.56. The highest BCUT2D eigenvalue weighted by atomic mass is 16.5. The Morgan fingerprint density at radius 3 is 2.38 bits per heavy atom. The number of methoxy groups -OCH3 is 1. The zero-order valence-corrected chi connectivity index (χ0v) is 9.31. The number of benzene rings is 2. The second-order valence-electron chi connectivity index (χ2n) is 3.53. The molecule has 0 aromatic heterocycles. The second kappa shape index (κ2) is 4.67. The maximum absolute atomic E-state index is 5.33. The Balaban J connectivity index is 2.48. The molecule has 0 aliphatic rings. The lowest BCUT2D eigenvalue weighted by Crippen LogP contribution is -1.87. The van der Waals surface area contributed by atoms with Crippen molar-refractivity contribution in [2.75, 3.05) is 7.11 Å². The van der Waals surface area contributed by atoms with Gasteiger partial charge in [-0.2, -0.15) is 0 Å². The Bertz CT molecular complexity index is 486. The van der Waals surface area contributed by atoms with Crippen molar-refractivity contribution in [3.63, 3.8) is 0 Å². The maximum atomic E-state index is 5.33. The molecule has 0 unspecified atom stereocenters. The molecular weight excluding hydrogens is 196 g/mol. The summed E-state index contributed by atoms with van der Waals surface area (Å²) in [5.74, 6) is 0.858. The zero-order valence-electron chi connectivity index (χ0n) is 9.31. The molecule has 2 rings (SSSR count). The molecule has 0 N–H and O–H groups in total. The molecule has 80 valence electrons. The van der Waals surface area contributed by atoms with Crippen molar-refractivity contribution in [3.8, 4) is 16.9 Å². The third-order valence-electron chi connectivity index (χ3n) is 2.56. The molecule has 0 atom stereocenters. The first-order valence-electron chi connectivity index (χ1n) is 5.21. The molecule has 0 heterocycles. The summed E-state index contributed by atoms with van der Waals surface area (Å²) in [5, 5.41) is 0. The van der Waals surface area contributed by atoms with E-state index in [0.29, 0.717) is 0 Å². The molecule has 0 fully saturated rings. The van der Waals surface area contributed by atoms with Gasteiger partial charge < -0.3 is 4.74 Å². The Morgan fingerprint density at radius 1 is 1.00 bits per heavy atom. The summed E-state index contributed by atoms with van der Waals surface area (Å²) in [5.41, 5.74) is 3.36. The molecule has 0 aliphatic carbocycles. The molecule has 2 aromatic rings. The predicted octanol–water partition coefficient (Wildman–Crippen LogP) is 4.01. The number of hydrogen-bond acceptors (Lipinski definition) is 1. The molecule has 0 bridgehead atoms. The van der Waals surface area contributed by atoms with Crippen LogP contribution in [0.2, 0.25) is 0 Å². The van der Waals surface area contributed by atoms with Crippen LogP contribution in [0.5, 0.6) is 5.75 Å². The van der Waals surface area contributed by atoms with Crippen molar-refractivity contribution in [1.82, 2.24) is 0 Å². The average molecular weight is 210 g/mol. The summed E-state index contributed by atoms with van der Waals surface area (Å²) in [4.78, 5) is 0. The number of ether oxygens (including phenoxy) is 1. The molecule has 1 heteroatoms. The fourth-order valence-corrected chi connectivity index (χ4v) is 1.69. The van der Waals surface area contributed by atoms with Crippen molar-refractivity contribution in [1.29, 1.82) is 0 Å². The largest absolute Gasteiger partial charge is 0.496 e. The van der Waals surface area contributed by atoms with Gasteiger partial charge in [0.15, 0.2) is 0 Å². The molecule has 1 nitrogen and oxygen atoms in total. The standard InChI is InChI=1S/C15H14O/c1-3-12-9-10-14(11-15(12)16-2)13-7-5-4-6-8-13/h3-11H,1H2,2H3. The topological polar surface area (TPSA) is 9.23 Å². The quantitative estimate of drug-likeness (QED) is 0.743. The highest BCUT2D eigenvalue weighted by molar-refractivity contribution is 5.69. The van der Waals surface area contributed by atoms with Crippen LogP contribution in [0.4, 0.5) is 0 Å². The summed E-state index contributed by atoms with van der Waals surface area (Å²) < 4.78 is 5.33. The fraction of sp³-hybridized carbons (Fsp3) is 0.0667. The van der Waals surface area contributed by atoms with Crippen LogP contribution in [0.3, 0.4) is 0 Å². The summed E-state index contributed by atoms with van der Waals surface area (Å²) in [7, 11) is 1.68. The van der Waals surface area contributed by atoms with E-state index in [0.717, 1.165) is 16.9 Å². The Labute approximate surface area is 96.0 Å². The first-order chi connectivity index (χ1) is 7.85. The minimum atomic E-state index is 0.858. The Kier molecular flexibility index (Phi) is 3.06. The third kappa shape index (κ3) is 1.98. The maximum Gasteiger partial charge on any atom is 0.126 e. The molecule has 0 saturated carbocycles. The molecule has 0 spiro atoms. The van der Waals surface area contributed by atoms with E-state index in [-0.39, 0.29) is 0 Å². The van der Waals surface area contributed by atoms with Crippen LogP contribution < -0.4 is 4.74 Å². The van der Waals surface area contributed by atoms with E-state index in [1.165, 1.54) is 5.56 Å². The summed E-state index contributed by atoms with van der Waals surface area (Å²) >= 11 is 0. The van der Waals surface area contributed by atoms with Crippen molar-refractivity contribution in [2.24, 2.45) is 0 Å². The van der Waals surface area contributed by atoms with E-state index >= 15 is 0 Å². The monoisotopic (exact) mass is 210 g/mol. The minimum Gasteiger partial charge on any atom is -0.496 e. The average Bonchev–Trinajstić information content (AvgIpc) is 2.39. The highest BCUT2D eigenvalue weighted by Gasteiger charge is 2.02. The molecule has 0 radical (unpaired) electrons. The van der Waals surface area contributed by atoms with Crippen molar-refractivity contribution in [3.05, 3.63) is 60.7 Å². The van der Waals surface area contributed by atoms with Gasteiger partial charge in [-0.15, -0.1) is 0 Å². The molecule has 0 saturated heterocycles. The molecular formula is C15H14O. The molecule has 0 aliphatic heterocycles. The van der Waals surface area contributed by atoms with Crippen LogP contribution in [-0.2, 0) is 0 Å². The predicted molar refractivity (Wildman–Crippen MR) is 68.5 cm³/mol. The van der Waals surface area contributed by atoms with E-state index < -0.39 is 0 Å². The first-order valence-corrected chi connectivity index (χ1v) is 5.21. The lowest BCUT2D eigenvalue weighted by molar-refractivity contribution is 0.414. The van der Waals surface area contributed by atoms with E-state index in [9.17, 15) is 0 Å². The zero-order chi connectivity index (χ0) is 11.4. The van der Waals surface area contributed by atoms with Gasteiger partial charge in [0, 0.05) is 5.56 Å². The highest BCUT2D eigenvalue weighted by Crippen LogP contribution is 2.27. The first kappa shape index (κ1) is 10.5. The minimum absolute atomic E-state index is 0.858. The van der Waals surface area contributed by atoms with Gasteiger partial charge in [0.1, 0.15) is 5.75 Å². The van der Waals surface area contributed by atoms with Gasteiger partial charge in [0.25, 0.3) is 0 Å². The molecule has 16 heavy (non-hydrogen) atoms. The Hall–Kier alpha value is -2.02. The van der Waals surface area contributed by atoms with Crippen LogP contribution in [0, 0.1) is 0 Å². The van der Waals surface area contributed by atoms with Gasteiger partial charge in [-0.1, -0.05) is 55.1 Å². The molecule has 2 aromatic carbocycles. The number of hydrogen-bond donors (Lipinski definition) is 0. The lowest BCUT2D eigenvalue weighted by Gasteiger charge is -2.08. The van der Waals surface area contributed by atoms with Crippen molar-refractivity contribution < 1.29 is 4.74 Å². The van der Waals surface area contributed by atoms with Crippen LogP contribution in [0.25, 0.3) is 17.2 Å². The van der Waals surface area contributed by atoms with Crippen molar-refractivity contribution >= 4 is 6.08 Å². The van der Waals surface area contributed by atoms with Gasteiger partial charge in [-0.05, 0) is 17.2 Å². The molecule has 0 amide bonds. The summed E-state index contributed by atoms with van der Waals surface area (Å²) in [6, 6.07) is 16.4. The van der Waals surface area contributed by atoms with E-state index in [1.807, 2.05) is 30.3 Å². The van der Waals surface area contributed by atoms with Crippen LogP contribution in [-0.4, -0.2) is 7.11 Å².